The number of nitrogens with one attached hydrogen (secondary N) is 1. The molecule has 0 amide bonds. The van der Waals surface area contributed by atoms with Crippen molar-refractivity contribution in [2.75, 3.05) is 0 Å². The fourth-order valence-electron chi connectivity index (χ4n) is 1.57. The van der Waals surface area contributed by atoms with Gasteiger partial charge in [-0.1, -0.05) is 39.7 Å². The van der Waals surface area contributed by atoms with Gasteiger partial charge in [0.15, 0.2) is 0 Å². The molecule has 2 rings (SSSR count). The summed E-state index contributed by atoms with van der Waals surface area (Å²) < 4.78 is 1.05. The van der Waals surface area contributed by atoms with Crippen LogP contribution in [0.25, 0.3) is 0 Å². The summed E-state index contributed by atoms with van der Waals surface area (Å²) >= 11 is 11.2. The van der Waals surface area contributed by atoms with E-state index in [9.17, 15) is 0 Å². The van der Waals surface area contributed by atoms with E-state index in [1.807, 2.05) is 18.2 Å². The van der Waals surface area contributed by atoms with Crippen molar-refractivity contribution in [2.24, 2.45) is 0 Å². The molecule has 1 atom stereocenters. The lowest BCUT2D eigenvalue weighted by Crippen LogP contribution is -2.17. The van der Waals surface area contributed by atoms with Crippen LogP contribution in [0.2, 0.25) is 5.02 Å². The van der Waals surface area contributed by atoms with Gasteiger partial charge in [0.05, 0.1) is 0 Å². The summed E-state index contributed by atoms with van der Waals surface area (Å²) in [5.41, 5.74) is 1.22. The molecule has 1 unspecified atom stereocenters. The van der Waals surface area contributed by atoms with Gasteiger partial charge in [0.25, 0.3) is 0 Å². The molecule has 1 heterocycles. The molecule has 0 saturated heterocycles. The predicted octanol–water partition coefficient (Wildman–Crippen LogP) is 5.01. The first-order valence-corrected chi connectivity index (χ1v) is 7.42. The van der Waals surface area contributed by atoms with Crippen LogP contribution in [0.1, 0.15) is 23.4 Å². The largest absolute Gasteiger partial charge is 0.305 e. The fourth-order valence-corrected chi connectivity index (χ4v) is 3.15. The first kappa shape index (κ1) is 13.1. The third kappa shape index (κ3) is 3.55. The minimum Gasteiger partial charge on any atom is -0.305 e. The van der Waals surface area contributed by atoms with Crippen molar-refractivity contribution >= 4 is 38.9 Å². The Morgan fingerprint density at radius 1 is 1.41 bits per heavy atom. The van der Waals surface area contributed by atoms with Crippen LogP contribution in [0.5, 0.6) is 0 Å². The number of thiophene rings is 1. The van der Waals surface area contributed by atoms with E-state index >= 15 is 0 Å². The molecule has 17 heavy (non-hydrogen) atoms. The Kier molecular flexibility index (Phi) is 4.62. The average molecular weight is 331 g/mol. The van der Waals surface area contributed by atoms with Gasteiger partial charge < -0.3 is 5.32 Å². The summed E-state index contributed by atoms with van der Waals surface area (Å²) in [6.07, 6.45) is 0. The fraction of sp³-hybridized carbons (Fsp3) is 0.231. The molecule has 0 radical (unpaired) electrons. The van der Waals surface area contributed by atoms with Crippen molar-refractivity contribution in [1.29, 1.82) is 0 Å². The number of halogens is 2. The van der Waals surface area contributed by atoms with E-state index in [-0.39, 0.29) is 0 Å². The van der Waals surface area contributed by atoms with Crippen LogP contribution >= 0.6 is 38.9 Å². The highest BCUT2D eigenvalue weighted by Gasteiger charge is 2.07. The molecule has 0 aliphatic rings. The first-order chi connectivity index (χ1) is 8.16. The van der Waals surface area contributed by atoms with E-state index in [1.54, 1.807) is 11.3 Å². The molecule has 1 N–H and O–H groups in total. The van der Waals surface area contributed by atoms with Gasteiger partial charge in [0.2, 0.25) is 0 Å². The molecule has 4 heteroatoms. The van der Waals surface area contributed by atoms with Gasteiger partial charge in [-0.2, -0.15) is 0 Å². The highest BCUT2D eigenvalue weighted by molar-refractivity contribution is 9.10. The Bertz CT molecular complexity index is 484. The van der Waals surface area contributed by atoms with Crippen LogP contribution in [0, 0.1) is 0 Å². The average Bonchev–Trinajstić information content (AvgIpc) is 2.81. The first-order valence-electron chi connectivity index (χ1n) is 5.37. The summed E-state index contributed by atoms with van der Waals surface area (Å²) in [5, 5.41) is 6.36. The van der Waals surface area contributed by atoms with E-state index in [2.05, 4.69) is 45.7 Å². The van der Waals surface area contributed by atoms with Crippen molar-refractivity contribution in [3.05, 3.63) is 55.6 Å². The zero-order valence-electron chi connectivity index (χ0n) is 9.41. The second kappa shape index (κ2) is 6.01. The predicted molar refractivity (Wildman–Crippen MR) is 78.7 cm³/mol. The highest BCUT2D eigenvalue weighted by Crippen LogP contribution is 2.23. The van der Waals surface area contributed by atoms with Crippen molar-refractivity contribution < 1.29 is 0 Å². The highest BCUT2D eigenvalue weighted by atomic mass is 79.9. The number of rotatable bonds is 4. The molecular weight excluding hydrogens is 318 g/mol. The van der Waals surface area contributed by atoms with Crippen molar-refractivity contribution in [1.82, 2.24) is 5.32 Å². The smallest absolute Gasteiger partial charge is 0.0417 e. The van der Waals surface area contributed by atoms with Gasteiger partial charge >= 0.3 is 0 Å². The molecular formula is C13H13BrClNS. The molecule has 1 aromatic carbocycles. The molecule has 0 spiro atoms. The van der Waals surface area contributed by atoms with E-state index in [4.69, 9.17) is 11.6 Å². The van der Waals surface area contributed by atoms with Crippen LogP contribution in [-0.2, 0) is 6.54 Å². The molecule has 0 aliphatic heterocycles. The second-order valence-corrected chi connectivity index (χ2v) is 6.12. The van der Waals surface area contributed by atoms with E-state index in [1.165, 1.54) is 10.4 Å². The second-order valence-electron chi connectivity index (χ2n) is 3.85. The van der Waals surface area contributed by atoms with E-state index in [0.29, 0.717) is 6.04 Å². The zero-order chi connectivity index (χ0) is 12.3. The quantitative estimate of drug-likeness (QED) is 0.830. The molecule has 0 saturated carbocycles. The zero-order valence-corrected chi connectivity index (χ0v) is 12.6. The third-order valence-electron chi connectivity index (χ3n) is 2.58. The summed E-state index contributed by atoms with van der Waals surface area (Å²) in [4.78, 5) is 1.36. The number of benzene rings is 1. The summed E-state index contributed by atoms with van der Waals surface area (Å²) in [6.45, 7) is 3.01. The Balaban J connectivity index is 1.98. The van der Waals surface area contributed by atoms with Crippen molar-refractivity contribution in [3.63, 3.8) is 0 Å². The number of hydrogen-bond acceptors (Lipinski definition) is 2. The Morgan fingerprint density at radius 3 is 2.88 bits per heavy atom. The molecule has 0 aliphatic carbocycles. The lowest BCUT2D eigenvalue weighted by atomic mass is 10.2. The van der Waals surface area contributed by atoms with Crippen LogP contribution < -0.4 is 5.32 Å². The monoisotopic (exact) mass is 329 g/mol. The van der Waals surface area contributed by atoms with Gasteiger partial charge in [-0.25, -0.2) is 0 Å². The molecule has 2 aromatic rings. The minimum atomic E-state index is 0.373. The Labute approximate surface area is 119 Å². The SMILES string of the molecule is CC(NCc1ccc(Cl)cc1Br)c1cccs1. The van der Waals surface area contributed by atoms with E-state index < -0.39 is 0 Å². The molecule has 90 valence electrons. The topological polar surface area (TPSA) is 12.0 Å². The number of hydrogen-bond donors (Lipinski definition) is 1. The van der Waals surface area contributed by atoms with Gasteiger partial charge in [-0.05, 0) is 36.1 Å². The minimum absolute atomic E-state index is 0.373. The lowest BCUT2D eigenvalue weighted by molar-refractivity contribution is 0.582. The van der Waals surface area contributed by atoms with Crippen LogP contribution in [-0.4, -0.2) is 0 Å². The van der Waals surface area contributed by atoms with Crippen LogP contribution in [0.3, 0.4) is 0 Å². The Morgan fingerprint density at radius 2 is 2.24 bits per heavy atom. The van der Waals surface area contributed by atoms with Crippen LogP contribution in [0.15, 0.2) is 40.2 Å². The summed E-state index contributed by atoms with van der Waals surface area (Å²) in [5.74, 6) is 0. The normalized spacial score (nSPS) is 12.6. The summed E-state index contributed by atoms with van der Waals surface area (Å²) in [6, 6.07) is 10.5. The molecule has 0 fully saturated rings. The molecule has 0 bridgehead atoms. The Hall–Kier alpha value is -0.350. The van der Waals surface area contributed by atoms with Gasteiger partial charge in [-0.3, -0.25) is 0 Å². The molecule has 1 nitrogen and oxygen atoms in total. The van der Waals surface area contributed by atoms with E-state index in [0.717, 1.165) is 16.0 Å². The molecule has 1 aromatic heterocycles. The van der Waals surface area contributed by atoms with Crippen molar-refractivity contribution in [3.8, 4) is 0 Å². The standard InChI is InChI=1S/C13H13BrClNS/c1-9(13-3-2-6-17-13)16-8-10-4-5-11(15)7-12(10)14/h2-7,9,16H,8H2,1H3. The van der Waals surface area contributed by atoms with Gasteiger partial charge in [0, 0.05) is 27.0 Å². The lowest BCUT2D eigenvalue weighted by Gasteiger charge is -2.13. The van der Waals surface area contributed by atoms with Gasteiger partial charge in [0.1, 0.15) is 0 Å². The summed E-state index contributed by atoms with van der Waals surface area (Å²) in [7, 11) is 0. The van der Waals surface area contributed by atoms with Crippen molar-refractivity contribution in [2.45, 2.75) is 19.5 Å². The maximum absolute atomic E-state index is 5.91. The van der Waals surface area contributed by atoms with Gasteiger partial charge in [-0.15, -0.1) is 11.3 Å². The maximum Gasteiger partial charge on any atom is 0.0417 e. The van der Waals surface area contributed by atoms with Crippen LogP contribution in [0.4, 0.5) is 0 Å². The maximum atomic E-state index is 5.91. The third-order valence-corrected chi connectivity index (χ3v) is 4.61.